The summed E-state index contributed by atoms with van der Waals surface area (Å²) in [6.07, 6.45) is 7.19. The highest BCUT2D eigenvalue weighted by atomic mass is 16.1. The fourth-order valence-electron chi connectivity index (χ4n) is 1.20. The largest absolute Gasteiger partial charge is 0.356 e. The molecule has 0 bridgehead atoms. The predicted octanol–water partition coefficient (Wildman–Crippen LogP) is 4.10. The van der Waals surface area contributed by atoms with Crippen molar-refractivity contribution in [3.05, 3.63) is 0 Å². The van der Waals surface area contributed by atoms with Gasteiger partial charge in [-0.15, -0.1) is 0 Å². The zero-order valence-electron chi connectivity index (χ0n) is 13.1. The summed E-state index contributed by atoms with van der Waals surface area (Å²) in [5.74, 6) is 0.143. The molecule has 0 spiro atoms. The monoisotopic (exact) mass is 259 g/mol. The van der Waals surface area contributed by atoms with Gasteiger partial charge in [-0.1, -0.05) is 47.5 Å². The van der Waals surface area contributed by atoms with Crippen LogP contribution in [0.15, 0.2) is 0 Å². The van der Waals surface area contributed by atoms with Gasteiger partial charge in [-0.25, -0.2) is 0 Å². The van der Waals surface area contributed by atoms with Gasteiger partial charge in [-0.2, -0.15) is 0 Å². The number of hydrogen-bond acceptors (Lipinski definition) is 2. The van der Waals surface area contributed by atoms with Crippen molar-refractivity contribution in [3.63, 3.8) is 0 Å². The molecule has 3 nitrogen and oxygen atoms in total. The molecule has 0 aliphatic heterocycles. The van der Waals surface area contributed by atoms with Crippen molar-refractivity contribution < 1.29 is 9.59 Å². The van der Waals surface area contributed by atoms with Gasteiger partial charge in [0.2, 0.25) is 5.91 Å². The number of carbonyl (C=O) groups excluding carboxylic acids is 2. The number of nitrogens with one attached hydrogen (secondary N) is 1. The van der Waals surface area contributed by atoms with Crippen molar-refractivity contribution in [2.45, 2.75) is 79.6 Å². The van der Waals surface area contributed by atoms with E-state index in [2.05, 4.69) is 12.2 Å². The molecule has 0 heterocycles. The molecule has 0 aromatic rings. The predicted molar refractivity (Wildman–Crippen MR) is 79.8 cm³/mol. The van der Waals surface area contributed by atoms with E-state index < -0.39 is 0 Å². The SMILES string of the molecule is CC.CC.CCCCCC(=O)NCCCCC=O. The normalized spacial score (nSPS) is 8.28. The molecule has 110 valence electrons. The Kier molecular flexibility index (Phi) is 31.1. The van der Waals surface area contributed by atoms with E-state index in [0.717, 1.165) is 38.4 Å². The van der Waals surface area contributed by atoms with Crippen molar-refractivity contribution in [2.75, 3.05) is 6.54 Å². The Morgan fingerprint density at radius 2 is 1.61 bits per heavy atom. The van der Waals surface area contributed by atoms with Gasteiger partial charge in [0.25, 0.3) is 0 Å². The van der Waals surface area contributed by atoms with E-state index in [4.69, 9.17) is 0 Å². The molecule has 0 aromatic heterocycles. The molecular weight excluding hydrogens is 226 g/mol. The highest BCUT2D eigenvalue weighted by molar-refractivity contribution is 5.75. The summed E-state index contributed by atoms with van der Waals surface area (Å²) < 4.78 is 0. The summed E-state index contributed by atoms with van der Waals surface area (Å²) in [7, 11) is 0. The lowest BCUT2D eigenvalue weighted by Crippen LogP contribution is -2.23. The fraction of sp³-hybridized carbons (Fsp3) is 0.867. The zero-order chi connectivity index (χ0) is 14.6. The minimum atomic E-state index is 0.143. The number of unbranched alkanes of at least 4 members (excludes halogenated alkanes) is 4. The van der Waals surface area contributed by atoms with Gasteiger partial charge in [0.15, 0.2) is 0 Å². The third kappa shape index (κ3) is 24.4. The van der Waals surface area contributed by atoms with Gasteiger partial charge in [-0.05, 0) is 19.3 Å². The van der Waals surface area contributed by atoms with Crippen molar-refractivity contribution >= 4 is 12.2 Å². The van der Waals surface area contributed by atoms with E-state index in [1.54, 1.807) is 0 Å². The molecule has 1 amide bonds. The average molecular weight is 259 g/mol. The summed E-state index contributed by atoms with van der Waals surface area (Å²) in [5, 5.41) is 2.85. The van der Waals surface area contributed by atoms with Gasteiger partial charge >= 0.3 is 0 Å². The maximum Gasteiger partial charge on any atom is 0.219 e. The Balaban J connectivity index is -0.000000506. The molecule has 0 aliphatic rings. The molecule has 18 heavy (non-hydrogen) atoms. The maximum absolute atomic E-state index is 11.2. The smallest absolute Gasteiger partial charge is 0.219 e. The standard InChI is InChI=1S/C11H21NO2.2C2H6/c1-2-3-5-8-11(14)12-9-6-4-7-10-13;2*1-2/h10H,2-9H2,1H3,(H,12,14);2*1-2H3. The first-order valence-electron chi connectivity index (χ1n) is 7.51. The topological polar surface area (TPSA) is 46.2 Å². The van der Waals surface area contributed by atoms with Crippen LogP contribution in [0.4, 0.5) is 0 Å². The first kappa shape index (κ1) is 22.3. The Bertz CT molecular complexity index is 159. The number of carbonyl (C=O) groups is 2. The number of hydrogen-bond donors (Lipinski definition) is 1. The molecule has 0 radical (unpaired) electrons. The first-order chi connectivity index (χ1) is 8.81. The van der Waals surface area contributed by atoms with Crippen LogP contribution in [0.1, 0.15) is 79.6 Å². The fourth-order valence-corrected chi connectivity index (χ4v) is 1.20. The lowest BCUT2D eigenvalue weighted by molar-refractivity contribution is -0.121. The summed E-state index contributed by atoms with van der Waals surface area (Å²) >= 11 is 0. The van der Waals surface area contributed by atoms with Crippen molar-refractivity contribution in [2.24, 2.45) is 0 Å². The maximum atomic E-state index is 11.2. The zero-order valence-corrected chi connectivity index (χ0v) is 13.1. The van der Waals surface area contributed by atoms with Crippen LogP contribution in [-0.2, 0) is 9.59 Å². The Labute approximate surface area is 114 Å². The first-order valence-corrected chi connectivity index (χ1v) is 7.51. The number of amides is 1. The van der Waals surface area contributed by atoms with Crippen LogP contribution >= 0.6 is 0 Å². The van der Waals surface area contributed by atoms with Crippen LogP contribution in [0.25, 0.3) is 0 Å². The van der Waals surface area contributed by atoms with Crippen LogP contribution in [0.5, 0.6) is 0 Å². The Morgan fingerprint density at radius 3 is 2.11 bits per heavy atom. The molecule has 0 rings (SSSR count). The molecule has 0 fully saturated rings. The molecule has 0 atom stereocenters. The minimum absolute atomic E-state index is 0.143. The Hall–Kier alpha value is -0.860. The van der Waals surface area contributed by atoms with E-state index in [9.17, 15) is 9.59 Å². The highest BCUT2D eigenvalue weighted by Gasteiger charge is 1.98. The molecule has 0 saturated heterocycles. The second-order valence-corrected chi connectivity index (χ2v) is 3.47. The summed E-state index contributed by atoms with van der Waals surface area (Å²) in [5.41, 5.74) is 0. The summed E-state index contributed by atoms with van der Waals surface area (Å²) in [6, 6.07) is 0. The van der Waals surface area contributed by atoms with E-state index >= 15 is 0 Å². The average Bonchev–Trinajstić information content (AvgIpc) is 2.43. The van der Waals surface area contributed by atoms with E-state index in [1.807, 2.05) is 27.7 Å². The molecule has 0 unspecified atom stereocenters. The van der Waals surface area contributed by atoms with Gasteiger partial charge in [0, 0.05) is 19.4 Å². The van der Waals surface area contributed by atoms with Gasteiger partial charge < -0.3 is 10.1 Å². The summed E-state index contributed by atoms with van der Waals surface area (Å²) in [4.78, 5) is 21.2. The minimum Gasteiger partial charge on any atom is -0.356 e. The third-order valence-electron chi connectivity index (χ3n) is 2.08. The van der Waals surface area contributed by atoms with Gasteiger partial charge in [0.05, 0.1) is 0 Å². The molecule has 0 aliphatic carbocycles. The van der Waals surface area contributed by atoms with Gasteiger partial charge in [0.1, 0.15) is 6.29 Å². The van der Waals surface area contributed by atoms with Crippen molar-refractivity contribution in [1.29, 1.82) is 0 Å². The van der Waals surface area contributed by atoms with Crippen LogP contribution in [0.3, 0.4) is 0 Å². The molecule has 1 N–H and O–H groups in total. The number of rotatable bonds is 9. The van der Waals surface area contributed by atoms with E-state index in [-0.39, 0.29) is 5.91 Å². The van der Waals surface area contributed by atoms with Crippen LogP contribution < -0.4 is 5.32 Å². The van der Waals surface area contributed by atoms with Crippen LogP contribution in [0.2, 0.25) is 0 Å². The van der Waals surface area contributed by atoms with E-state index in [1.165, 1.54) is 0 Å². The van der Waals surface area contributed by atoms with Crippen LogP contribution in [-0.4, -0.2) is 18.7 Å². The molecular formula is C15H33NO2. The van der Waals surface area contributed by atoms with Crippen LogP contribution in [0, 0.1) is 0 Å². The lowest BCUT2D eigenvalue weighted by atomic mass is 10.2. The third-order valence-corrected chi connectivity index (χ3v) is 2.08. The highest BCUT2D eigenvalue weighted by Crippen LogP contribution is 1.98. The van der Waals surface area contributed by atoms with Crippen molar-refractivity contribution in [1.82, 2.24) is 5.32 Å². The lowest BCUT2D eigenvalue weighted by Gasteiger charge is -2.03. The second-order valence-electron chi connectivity index (χ2n) is 3.47. The van der Waals surface area contributed by atoms with Gasteiger partial charge in [-0.3, -0.25) is 4.79 Å². The molecule has 0 saturated carbocycles. The molecule has 3 heteroatoms. The summed E-state index contributed by atoms with van der Waals surface area (Å²) in [6.45, 7) is 10.8. The quantitative estimate of drug-likeness (QED) is 0.500. The number of aldehydes is 1. The molecule has 0 aromatic carbocycles. The second kappa shape index (κ2) is 25.1. The Morgan fingerprint density at radius 1 is 1.00 bits per heavy atom. The van der Waals surface area contributed by atoms with Crippen molar-refractivity contribution in [3.8, 4) is 0 Å². The van der Waals surface area contributed by atoms with E-state index in [0.29, 0.717) is 19.4 Å².